The van der Waals surface area contributed by atoms with E-state index in [4.69, 9.17) is 16.0 Å². The molecule has 2 aromatic carbocycles. The third-order valence-electron chi connectivity index (χ3n) is 4.97. The Labute approximate surface area is 300 Å². The van der Waals surface area contributed by atoms with Gasteiger partial charge in [0.1, 0.15) is 0 Å². The van der Waals surface area contributed by atoms with Gasteiger partial charge in [0.15, 0.2) is 5.78 Å². The molecule has 1 aromatic heterocycles. The van der Waals surface area contributed by atoms with Crippen LogP contribution in [0.5, 0.6) is 0 Å². The fraction of sp³-hybridized carbons (Fsp3) is 0.188. The molecule has 0 saturated heterocycles. The second-order valence-corrected chi connectivity index (χ2v) is 11.7. The van der Waals surface area contributed by atoms with E-state index in [0.717, 1.165) is 42.5 Å². The summed E-state index contributed by atoms with van der Waals surface area (Å²) in [5.41, 5.74) is -4.73. The summed E-state index contributed by atoms with van der Waals surface area (Å²) < 4.78 is 115. The topological polar surface area (TPSA) is 111 Å². The van der Waals surface area contributed by atoms with Crippen LogP contribution in [-0.4, -0.2) is 40.0 Å². The van der Waals surface area contributed by atoms with Crippen molar-refractivity contribution in [2.24, 2.45) is 5.73 Å². The van der Waals surface area contributed by atoms with Crippen LogP contribution >= 0.6 is 35.1 Å². The number of anilines is 1. The molecule has 19 heteroatoms. The number of alkyl halides is 9. The summed E-state index contributed by atoms with van der Waals surface area (Å²) in [5.74, 6) is -1.12. The zero-order valence-electron chi connectivity index (χ0n) is 26.8. The minimum Gasteiger partial charge on any atom is -0.403 e. The number of nitrogens with two attached hydrogens (primary N) is 1. The van der Waals surface area contributed by atoms with Crippen molar-refractivity contribution in [3.63, 3.8) is 0 Å². The summed E-state index contributed by atoms with van der Waals surface area (Å²) in [4.78, 5) is 22.5. The van der Waals surface area contributed by atoms with Crippen LogP contribution in [0.15, 0.2) is 117 Å². The van der Waals surface area contributed by atoms with Crippen molar-refractivity contribution < 1.29 is 53.5 Å². The summed E-state index contributed by atoms with van der Waals surface area (Å²) in [6, 6.07) is 8.30. The van der Waals surface area contributed by atoms with Gasteiger partial charge in [-0.1, -0.05) is 48.6 Å². The van der Waals surface area contributed by atoms with Gasteiger partial charge < -0.3 is 10.2 Å². The van der Waals surface area contributed by atoms with Gasteiger partial charge in [0, 0.05) is 31.5 Å². The lowest BCUT2D eigenvalue weighted by atomic mass is 10.1. The van der Waals surface area contributed by atoms with Crippen LogP contribution in [-0.2, 0) is 11.0 Å². The second-order valence-electron chi connectivity index (χ2n) is 8.89. The molecule has 1 heterocycles. The van der Waals surface area contributed by atoms with E-state index >= 15 is 0 Å². The SMILES string of the molecule is C=C(/C=C\C(=C)C(C)=O)SC(F)(F)F.C=C(Cl)/C=C\C.CN.O=C(Nc1nnc(-c2ccc(C(F)(F)F)cc2)o1)c1ccc(SC(F)(F)F)cc1. The number of aromatic nitrogens is 2. The number of rotatable bonds is 9. The number of hydrogen-bond acceptors (Lipinski definition) is 8. The van der Waals surface area contributed by atoms with Gasteiger partial charge >= 0.3 is 23.2 Å². The van der Waals surface area contributed by atoms with Gasteiger partial charge in [-0.25, -0.2) is 0 Å². The number of hydrogen-bond donors (Lipinski definition) is 2. The fourth-order valence-electron chi connectivity index (χ4n) is 2.84. The third kappa shape index (κ3) is 20.9. The minimum absolute atomic E-state index is 0.0470. The second kappa shape index (κ2) is 21.8. The summed E-state index contributed by atoms with van der Waals surface area (Å²) in [5, 5.41) is 10.1. The molecular formula is C32H30ClF9N4O3S2. The quantitative estimate of drug-likeness (QED) is 0.0954. The summed E-state index contributed by atoms with van der Waals surface area (Å²) in [7, 11) is 1.50. The van der Waals surface area contributed by atoms with E-state index in [9.17, 15) is 49.1 Å². The summed E-state index contributed by atoms with van der Waals surface area (Å²) in [6.07, 6.45) is 1.42. The first-order valence-electron chi connectivity index (χ1n) is 13.6. The fourth-order valence-corrected chi connectivity index (χ4v) is 3.94. The Morgan fingerprint density at radius 1 is 0.843 bits per heavy atom. The predicted molar refractivity (Wildman–Crippen MR) is 183 cm³/mol. The van der Waals surface area contributed by atoms with Crippen LogP contribution in [0.1, 0.15) is 29.8 Å². The Morgan fingerprint density at radius 3 is 1.80 bits per heavy atom. The van der Waals surface area contributed by atoms with Crippen molar-refractivity contribution in [2.45, 2.75) is 35.9 Å². The average molecular weight is 789 g/mol. The number of halogens is 10. The van der Waals surface area contributed by atoms with Gasteiger partial charge in [-0.2, -0.15) is 39.5 Å². The first-order valence-corrected chi connectivity index (χ1v) is 15.6. The summed E-state index contributed by atoms with van der Waals surface area (Å²) >= 11 is 4.66. The van der Waals surface area contributed by atoms with Crippen LogP contribution in [0.3, 0.4) is 0 Å². The van der Waals surface area contributed by atoms with E-state index in [0.29, 0.717) is 5.03 Å². The van der Waals surface area contributed by atoms with Crippen molar-refractivity contribution >= 4 is 52.8 Å². The molecule has 3 aromatic rings. The smallest absolute Gasteiger partial charge is 0.403 e. The van der Waals surface area contributed by atoms with Gasteiger partial charge in [0.05, 0.1) is 5.56 Å². The zero-order chi connectivity index (χ0) is 39.6. The molecule has 3 N–H and O–H groups in total. The van der Waals surface area contributed by atoms with Gasteiger partial charge in [-0.3, -0.25) is 14.9 Å². The standard InChI is InChI=1S/C17H9F6N3O2S.C9H9F3OS.C5H7Cl.CH5N/c18-16(19,20)11-5-1-10(2-6-11)14-25-26-15(28-14)24-13(27)9-3-7-12(8-4-9)29-17(21,22)23;1-6(8(3)13)4-5-7(2)14-9(10,11)12;1-3-4-5(2)6;1-2/h1-8H,(H,24,26,27);4-5H,1-2H2,3H3;3-4H,2H2,1H3;2H2,1H3/b;5-4-;4-3-;. The molecule has 0 spiro atoms. The van der Waals surface area contributed by atoms with E-state index in [1.165, 1.54) is 32.2 Å². The number of nitrogens with one attached hydrogen (secondary N) is 1. The molecule has 0 aliphatic rings. The van der Waals surface area contributed by atoms with E-state index < -0.39 is 28.7 Å². The van der Waals surface area contributed by atoms with Crippen LogP contribution in [0, 0.1) is 0 Å². The molecule has 0 unspecified atom stereocenters. The number of carbonyl (C=O) groups is 2. The molecular weight excluding hydrogens is 759 g/mol. The molecule has 0 atom stereocenters. The number of nitrogens with zero attached hydrogens (tertiary/aromatic N) is 2. The Hall–Kier alpha value is -4.26. The molecule has 0 aliphatic carbocycles. The van der Waals surface area contributed by atoms with Gasteiger partial charge in [-0.15, -0.1) is 5.10 Å². The Kier molecular flexibility index (Phi) is 20.0. The zero-order valence-corrected chi connectivity index (χ0v) is 29.2. The molecule has 7 nitrogen and oxygen atoms in total. The number of allylic oxidation sites excluding steroid dienone is 6. The van der Waals surface area contributed by atoms with Crippen LogP contribution in [0.2, 0.25) is 0 Å². The van der Waals surface area contributed by atoms with Crippen molar-refractivity contribution in [3.8, 4) is 11.5 Å². The number of ketones is 1. The van der Waals surface area contributed by atoms with E-state index in [1.807, 2.05) is 13.0 Å². The lowest BCUT2D eigenvalue weighted by molar-refractivity contribution is -0.137. The highest BCUT2D eigenvalue weighted by molar-refractivity contribution is 8.04. The maximum absolute atomic E-state index is 12.6. The summed E-state index contributed by atoms with van der Waals surface area (Å²) in [6.45, 7) is 13.1. The van der Waals surface area contributed by atoms with Crippen molar-refractivity contribution in [2.75, 3.05) is 12.4 Å². The number of thioether (sulfide) groups is 2. The highest BCUT2D eigenvalue weighted by Gasteiger charge is 2.31. The molecule has 278 valence electrons. The first-order chi connectivity index (χ1) is 23.5. The molecule has 0 saturated carbocycles. The van der Waals surface area contributed by atoms with Gasteiger partial charge in [0.2, 0.25) is 5.89 Å². The highest BCUT2D eigenvalue weighted by atomic mass is 35.5. The number of carbonyl (C=O) groups excluding carboxylic acids is 2. The first kappa shape index (κ1) is 46.7. The molecule has 3 rings (SSSR count). The lowest BCUT2D eigenvalue weighted by Crippen LogP contribution is -2.12. The van der Waals surface area contributed by atoms with Crippen molar-refractivity contribution in [1.82, 2.24) is 10.2 Å². The Bertz CT molecular complexity index is 1670. The monoisotopic (exact) mass is 788 g/mol. The van der Waals surface area contributed by atoms with E-state index in [1.54, 1.807) is 6.08 Å². The van der Waals surface area contributed by atoms with Crippen LogP contribution < -0.4 is 11.1 Å². The van der Waals surface area contributed by atoms with Crippen molar-refractivity contribution in [1.29, 1.82) is 0 Å². The maximum atomic E-state index is 12.6. The van der Waals surface area contributed by atoms with Gasteiger partial charge in [0.25, 0.3) is 5.91 Å². The number of amides is 1. The van der Waals surface area contributed by atoms with E-state index in [2.05, 4.69) is 41.0 Å². The number of Topliss-reactive ketones (excluding diaryl/α,β-unsaturated/α-hetero) is 1. The highest BCUT2D eigenvalue weighted by Crippen LogP contribution is 2.37. The molecule has 0 bridgehead atoms. The molecule has 0 radical (unpaired) electrons. The third-order valence-corrected chi connectivity index (χ3v) is 6.47. The average Bonchev–Trinajstić information content (AvgIpc) is 3.48. The van der Waals surface area contributed by atoms with Crippen LogP contribution in [0.25, 0.3) is 11.5 Å². The lowest BCUT2D eigenvalue weighted by Gasteiger charge is -2.06. The van der Waals surface area contributed by atoms with Crippen LogP contribution in [0.4, 0.5) is 45.5 Å². The number of benzene rings is 2. The maximum Gasteiger partial charge on any atom is 0.446 e. The molecule has 1 amide bonds. The molecule has 0 aliphatic heterocycles. The Balaban J connectivity index is 0.000000946. The largest absolute Gasteiger partial charge is 0.446 e. The Morgan fingerprint density at radius 2 is 1.39 bits per heavy atom. The molecule has 0 fully saturated rings. The van der Waals surface area contributed by atoms with E-state index in [-0.39, 0.29) is 67.7 Å². The van der Waals surface area contributed by atoms with Crippen molar-refractivity contribution in [3.05, 3.63) is 119 Å². The predicted octanol–water partition coefficient (Wildman–Crippen LogP) is 11.0. The molecule has 51 heavy (non-hydrogen) atoms. The minimum atomic E-state index is -4.49. The van der Waals surface area contributed by atoms with Gasteiger partial charge in [-0.05, 0) is 105 Å². The normalized spacial score (nSPS) is 11.3.